The molecule has 132 valence electrons. The summed E-state index contributed by atoms with van der Waals surface area (Å²) in [5, 5.41) is 2.86. The van der Waals surface area contributed by atoms with Gasteiger partial charge >= 0.3 is 6.03 Å². The zero-order valence-electron chi connectivity index (χ0n) is 14.3. The lowest BCUT2D eigenvalue weighted by Gasteiger charge is -2.23. The van der Waals surface area contributed by atoms with Crippen molar-refractivity contribution < 1.29 is 18.7 Å². The lowest BCUT2D eigenvalue weighted by atomic mass is 10.1. The van der Waals surface area contributed by atoms with Gasteiger partial charge in [0.05, 0.1) is 7.11 Å². The van der Waals surface area contributed by atoms with Crippen molar-refractivity contribution in [1.82, 2.24) is 15.1 Å². The van der Waals surface area contributed by atoms with Gasteiger partial charge in [0, 0.05) is 37.8 Å². The molecule has 3 amide bonds. The van der Waals surface area contributed by atoms with E-state index in [0.717, 1.165) is 0 Å². The maximum absolute atomic E-state index is 13.8. The van der Waals surface area contributed by atoms with Gasteiger partial charge in [-0.2, -0.15) is 0 Å². The van der Waals surface area contributed by atoms with Crippen LogP contribution in [-0.4, -0.2) is 61.1 Å². The number of nitrogens with zero attached hydrogens (tertiary/aromatic N) is 2. The van der Waals surface area contributed by atoms with Gasteiger partial charge in [0.15, 0.2) is 11.6 Å². The smallest absolute Gasteiger partial charge is 0.317 e. The topological polar surface area (TPSA) is 61.9 Å². The second-order valence-corrected chi connectivity index (χ2v) is 6.09. The van der Waals surface area contributed by atoms with Crippen molar-refractivity contribution in [2.24, 2.45) is 0 Å². The summed E-state index contributed by atoms with van der Waals surface area (Å²) in [6.07, 6.45) is 0.690. The fraction of sp³-hybridized carbons (Fsp3) is 0.529. The highest BCUT2D eigenvalue weighted by Gasteiger charge is 2.23. The highest BCUT2D eigenvalue weighted by molar-refractivity contribution is 5.94. The molecule has 1 N–H and O–H groups in total. The van der Waals surface area contributed by atoms with Crippen LogP contribution in [0, 0.1) is 5.82 Å². The van der Waals surface area contributed by atoms with Crippen LogP contribution in [0.15, 0.2) is 18.2 Å². The maximum atomic E-state index is 13.8. The van der Waals surface area contributed by atoms with Crippen molar-refractivity contribution >= 4 is 11.9 Å². The first-order valence-electron chi connectivity index (χ1n) is 8.10. The van der Waals surface area contributed by atoms with E-state index in [0.29, 0.717) is 32.6 Å². The molecule has 1 aliphatic rings. The van der Waals surface area contributed by atoms with E-state index in [2.05, 4.69) is 5.32 Å². The molecule has 1 heterocycles. The van der Waals surface area contributed by atoms with Gasteiger partial charge in [0.25, 0.3) is 5.91 Å². The van der Waals surface area contributed by atoms with E-state index in [1.807, 2.05) is 13.8 Å². The lowest BCUT2D eigenvalue weighted by Crippen LogP contribution is -2.44. The normalized spacial score (nSPS) is 15.2. The van der Waals surface area contributed by atoms with Gasteiger partial charge in [-0.25, -0.2) is 9.18 Å². The van der Waals surface area contributed by atoms with Gasteiger partial charge in [-0.1, -0.05) is 0 Å². The van der Waals surface area contributed by atoms with Gasteiger partial charge < -0.3 is 19.9 Å². The quantitative estimate of drug-likeness (QED) is 0.919. The van der Waals surface area contributed by atoms with Gasteiger partial charge in [0.2, 0.25) is 0 Å². The number of carbonyl (C=O) groups excluding carboxylic acids is 2. The summed E-state index contributed by atoms with van der Waals surface area (Å²) in [5.41, 5.74) is 0.286. The standard InChI is InChI=1S/C17H24FN3O3/c1-12(2)19-17(23)21-8-4-7-20(9-10-21)16(22)13-5-6-15(24-3)14(18)11-13/h5-6,11-12H,4,7-10H2,1-3H3,(H,19,23). The molecule has 1 saturated heterocycles. The molecular formula is C17H24FN3O3. The Morgan fingerprint density at radius 2 is 1.83 bits per heavy atom. The Morgan fingerprint density at radius 3 is 2.46 bits per heavy atom. The molecule has 0 aliphatic carbocycles. The summed E-state index contributed by atoms with van der Waals surface area (Å²) >= 11 is 0. The van der Waals surface area contributed by atoms with Crippen molar-refractivity contribution in [1.29, 1.82) is 0 Å². The van der Waals surface area contributed by atoms with E-state index < -0.39 is 5.82 Å². The Labute approximate surface area is 141 Å². The maximum Gasteiger partial charge on any atom is 0.317 e. The van der Waals surface area contributed by atoms with Crippen LogP contribution >= 0.6 is 0 Å². The van der Waals surface area contributed by atoms with Gasteiger partial charge in [-0.3, -0.25) is 4.79 Å². The molecule has 7 heteroatoms. The number of hydrogen-bond acceptors (Lipinski definition) is 3. The summed E-state index contributed by atoms with van der Waals surface area (Å²) in [6.45, 7) is 5.84. The molecule has 2 rings (SSSR count). The van der Waals surface area contributed by atoms with Crippen LogP contribution in [0.5, 0.6) is 5.75 Å². The van der Waals surface area contributed by atoms with Crippen molar-refractivity contribution in [3.8, 4) is 5.75 Å². The second-order valence-electron chi connectivity index (χ2n) is 6.09. The highest BCUT2D eigenvalue weighted by atomic mass is 19.1. The molecule has 1 fully saturated rings. The number of amides is 3. The third-order valence-electron chi connectivity index (χ3n) is 3.88. The van der Waals surface area contributed by atoms with Crippen LogP contribution in [0.25, 0.3) is 0 Å². The largest absolute Gasteiger partial charge is 0.494 e. The monoisotopic (exact) mass is 337 g/mol. The van der Waals surface area contributed by atoms with Crippen molar-refractivity contribution in [3.63, 3.8) is 0 Å². The zero-order valence-corrected chi connectivity index (χ0v) is 14.3. The molecule has 0 aromatic heterocycles. The summed E-state index contributed by atoms with van der Waals surface area (Å²) in [6, 6.07) is 4.15. The minimum Gasteiger partial charge on any atom is -0.494 e. The summed E-state index contributed by atoms with van der Waals surface area (Å²) in [7, 11) is 1.38. The summed E-state index contributed by atoms with van der Waals surface area (Å²) in [4.78, 5) is 28.0. The first-order chi connectivity index (χ1) is 11.4. The minimum atomic E-state index is -0.559. The SMILES string of the molecule is COc1ccc(C(=O)N2CCCN(C(=O)NC(C)C)CC2)cc1F. The van der Waals surface area contributed by atoms with Crippen LogP contribution < -0.4 is 10.1 Å². The molecule has 0 saturated carbocycles. The number of urea groups is 1. The second kappa shape index (κ2) is 7.99. The summed E-state index contributed by atoms with van der Waals surface area (Å²) < 4.78 is 18.7. The molecule has 0 unspecified atom stereocenters. The number of hydrogen-bond donors (Lipinski definition) is 1. The number of nitrogens with one attached hydrogen (secondary N) is 1. The van der Waals surface area contributed by atoms with Crippen LogP contribution in [0.1, 0.15) is 30.6 Å². The van der Waals surface area contributed by atoms with Crippen molar-refractivity contribution in [2.75, 3.05) is 33.3 Å². The predicted octanol–water partition coefficient (Wildman–Crippen LogP) is 2.10. The molecule has 1 aliphatic heterocycles. The third-order valence-corrected chi connectivity index (χ3v) is 3.88. The van der Waals surface area contributed by atoms with E-state index >= 15 is 0 Å². The van der Waals surface area contributed by atoms with Crippen LogP contribution in [0.3, 0.4) is 0 Å². The molecule has 0 spiro atoms. The summed E-state index contributed by atoms with van der Waals surface area (Å²) in [5.74, 6) is -0.683. The Morgan fingerprint density at radius 1 is 1.17 bits per heavy atom. The van der Waals surface area contributed by atoms with Crippen molar-refractivity contribution in [3.05, 3.63) is 29.6 Å². The molecule has 6 nitrogen and oxygen atoms in total. The average molecular weight is 337 g/mol. The van der Waals surface area contributed by atoms with Gasteiger partial charge in [-0.15, -0.1) is 0 Å². The molecule has 24 heavy (non-hydrogen) atoms. The zero-order chi connectivity index (χ0) is 17.7. The fourth-order valence-electron chi connectivity index (χ4n) is 2.64. The molecule has 0 bridgehead atoms. The Bertz CT molecular complexity index is 607. The van der Waals surface area contributed by atoms with Gasteiger partial charge in [-0.05, 0) is 38.5 Å². The van der Waals surface area contributed by atoms with E-state index in [1.54, 1.807) is 15.9 Å². The number of carbonyl (C=O) groups is 2. The Kier molecular flexibility index (Phi) is 6.00. The first-order valence-corrected chi connectivity index (χ1v) is 8.10. The molecule has 0 atom stereocenters. The fourth-order valence-corrected chi connectivity index (χ4v) is 2.64. The number of halogens is 1. The Hall–Kier alpha value is -2.31. The average Bonchev–Trinajstić information content (AvgIpc) is 2.79. The van der Waals surface area contributed by atoms with E-state index in [4.69, 9.17) is 4.74 Å². The molecule has 1 aromatic carbocycles. The van der Waals surface area contributed by atoms with Gasteiger partial charge in [0.1, 0.15) is 0 Å². The molecule has 1 aromatic rings. The van der Waals surface area contributed by atoms with E-state index in [9.17, 15) is 14.0 Å². The predicted molar refractivity (Wildman–Crippen MR) is 88.7 cm³/mol. The van der Waals surface area contributed by atoms with E-state index in [-0.39, 0.29) is 29.3 Å². The number of rotatable bonds is 3. The van der Waals surface area contributed by atoms with Crippen LogP contribution in [0.4, 0.5) is 9.18 Å². The number of methoxy groups -OCH3 is 1. The van der Waals surface area contributed by atoms with E-state index in [1.165, 1.54) is 19.2 Å². The number of benzene rings is 1. The highest BCUT2D eigenvalue weighted by Crippen LogP contribution is 2.19. The van der Waals surface area contributed by atoms with Crippen LogP contribution in [-0.2, 0) is 0 Å². The molecule has 0 radical (unpaired) electrons. The van der Waals surface area contributed by atoms with Crippen molar-refractivity contribution in [2.45, 2.75) is 26.3 Å². The third kappa shape index (κ3) is 4.37. The first kappa shape index (κ1) is 18.0. The number of ether oxygens (including phenoxy) is 1. The molecular weight excluding hydrogens is 313 g/mol. The van der Waals surface area contributed by atoms with Crippen LogP contribution in [0.2, 0.25) is 0 Å². The minimum absolute atomic E-state index is 0.0702. The lowest BCUT2D eigenvalue weighted by molar-refractivity contribution is 0.0761. The Balaban J connectivity index is 2.01.